The first-order chi connectivity index (χ1) is 7.86. The van der Waals surface area contributed by atoms with E-state index in [0.29, 0.717) is 5.88 Å². The summed E-state index contributed by atoms with van der Waals surface area (Å²) >= 11 is 1.63. The second kappa shape index (κ2) is 3.92. The SMILES string of the molecule is Nc1onc(C2CCCO2)c1-c1cccs1. The number of ether oxygens (including phenoxy) is 1. The minimum absolute atomic E-state index is 0.0400. The molecule has 0 aromatic carbocycles. The van der Waals surface area contributed by atoms with Gasteiger partial charge in [0.2, 0.25) is 5.88 Å². The second-order valence-corrected chi connectivity index (χ2v) is 4.73. The van der Waals surface area contributed by atoms with Crippen LogP contribution in [-0.4, -0.2) is 11.8 Å². The molecule has 1 unspecified atom stereocenters. The summed E-state index contributed by atoms with van der Waals surface area (Å²) < 4.78 is 10.7. The van der Waals surface area contributed by atoms with Gasteiger partial charge in [0.15, 0.2) is 0 Å². The lowest BCUT2D eigenvalue weighted by Gasteiger charge is -2.06. The molecule has 0 saturated carbocycles. The lowest BCUT2D eigenvalue weighted by Crippen LogP contribution is -1.98. The molecule has 2 aromatic heterocycles. The molecule has 0 radical (unpaired) electrons. The molecule has 0 amide bonds. The molecule has 1 saturated heterocycles. The summed E-state index contributed by atoms with van der Waals surface area (Å²) in [5.74, 6) is 0.382. The van der Waals surface area contributed by atoms with Crippen LogP contribution < -0.4 is 5.73 Å². The van der Waals surface area contributed by atoms with Gasteiger partial charge < -0.3 is 15.0 Å². The Labute approximate surface area is 97.0 Å². The fourth-order valence-electron chi connectivity index (χ4n) is 2.00. The molecule has 1 atom stereocenters. The molecule has 0 spiro atoms. The van der Waals surface area contributed by atoms with Gasteiger partial charge in [-0.15, -0.1) is 11.3 Å². The van der Waals surface area contributed by atoms with E-state index in [-0.39, 0.29) is 6.10 Å². The minimum Gasteiger partial charge on any atom is -0.372 e. The van der Waals surface area contributed by atoms with Crippen molar-refractivity contribution in [3.63, 3.8) is 0 Å². The van der Waals surface area contributed by atoms with E-state index < -0.39 is 0 Å². The summed E-state index contributed by atoms with van der Waals surface area (Å²) in [6.45, 7) is 0.793. The third-order valence-electron chi connectivity index (χ3n) is 2.75. The van der Waals surface area contributed by atoms with E-state index in [2.05, 4.69) is 5.16 Å². The van der Waals surface area contributed by atoms with Crippen LogP contribution in [0.3, 0.4) is 0 Å². The maximum atomic E-state index is 5.82. The fourth-order valence-corrected chi connectivity index (χ4v) is 2.78. The number of thiophene rings is 1. The van der Waals surface area contributed by atoms with Gasteiger partial charge in [-0.3, -0.25) is 0 Å². The zero-order chi connectivity index (χ0) is 11.0. The van der Waals surface area contributed by atoms with Crippen molar-refractivity contribution in [3.8, 4) is 10.4 Å². The molecule has 0 aliphatic carbocycles. The maximum absolute atomic E-state index is 5.82. The molecular weight excluding hydrogens is 224 g/mol. The van der Waals surface area contributed by atoms with E-state index in [1.54, 1.807) is 11.3 Å². The molecule has 0 bridgehead atoms. The Hall–Kier alpha value is -1.33. The monoisotopic (exact) mass is 236 g/mol. The van der Waals surface area contributed by atoms with Crippen LogP contribution >= 0.6 is 11.3 Å². The third kappa shape index (κ3) is 1.52. The average Bonchev–Trinajstić information content (AvgIpc) is 2.96. The number of anilines is 1. The van der Waals surface area contributed by atoms with Crippen molar-refractivity contribution >= 4 is 17.2 Å². The van der Waals surface area contributed by atoms with Gasteiger partial charge in [-0.2, -0.15) is 0 Å². The first kappa shape index (κ1) is 9.86. The lowest BCUT2D eigenvalue weighted by atomic mass is 10.1. The highest BCUT2D eigenvalue weighted by atomic mass is 32.1. The number of hydrogen-bond donors (Lipinski definition) is 1. The minimum atomic E-state index is 0.0400. The van der Waals surface area contributed by atoms with Gasteiger partial charge in [0, 0.05) is 11.5 Å². The normalized spacial score (nSPS) is 20.4. The van der Waals surface area contributed by atoms with Gasteiger partial charge in [-0.25, -0.2) is 0 Å². The molecule has 1 aliphatic heterocycles. The molecule has 2 N–H and O–H groups in total. The van der Waals surface area contributed by atoms with Crippen molar-refractivity contribution in [2.45, 2.75) is 18.9 Å². The fraction of sp³-hybridized carbons (Fsp3) is 0.364. The zero-order valence-corrected chi connectivity index (χ0v) is 9.50. The molecule has 4 nitrogen and oxygen atoms in total. The predicted octanol–water partition coefficient (Wildman–Crippen LogP) is 2.84. The average molecular weight is 236 g/mol. The van der Waals surface area contributed by atoms with Crippen molar-refractivity contribution < 1.29 is 9.26 Å². The first-order valence-corrected chi connectivity index (χ1v) is 6.15. The summed E-state index contributed by atoms with van der Waals surface area (Å²) in [5, 5.41) is 6.05. The first-order valence-electron chi connectivity index (χ1n) is 5.27. The molecule has 2 aromatic rings. The summed E-state index contributed by atoms with van der Waals surface area (Å²) in [6.07, 6.45) is 2.10. The van der Waals surface area contributed by atoms with E-state index in [1.165, 1.54) is 0 Å². The Balaban J connectivity index is 2.05. The number of nitrogens with two attached hydrogens (primary N) is 1. The third-order valence-corrected chi connectivity index (χ3v) is 3.63. The number of nitrogen functional groups attached to an aromatic ring is 1. The van der Waals surface area contributed by atoms with Crippen molar-refractivity contribution in [3.05, 3.63) is 23.2 Å². The van der Waals surface area contributed by atoms with E-state index in [9.17, 15) is 0 Å². The van der Waals surface area contributed by atoms with Crippen molar-refractivity contribution in [1.29, 1.82) is 0 Å². The van der Waals surface area contributed by atoms with Crippen LogP contribution in [0.1, 0.15) is 24.6 Å². The molecule has 5 heteroatoms. The largest absolute Gasteiger partial charge is 0.372 e. The Morgan fingerprint density at radius 1 is 1.50 bits per heavy atom. The van der Waals surface area contributed by atoms with Crippen LogP contribution in [0.4, 0.5) is 5.88 Å². The highest BCUT2D eigenvalue weighted by molar-refractivity contribution is 7.13. The number of nitrogens with zero attached hydrogens (tertiary/aromatic N) is 1. The van der Waals surface area contributed by atoms with Crippen molar-refractivity contribution in [1.82, 2.24) is 5.16 Å². The molecule has 84 valence electrons. The maximum Gasteiger partial charge on any atom is 0.231 e. The van der Waals surface area contributed by atoms with Gasteiger partial charge in [0.05, 0.1) is 5.56 Å². The summed E-state index contributed by atoms with van der Waals surface area (Å²) in [4.78, 5) is 1.09. The highest BCUT2D eigenvalue weighted by Gasteiger charge is 2.27. The summed E-state index contributed by atoms with van der Waals surface area (Å²) in [6, 6.07) is 4.01. The van der Waals surface area contributed by atoms with Crippen LogP contribution in [0.5, 0.6) is 0 Å². The van der Waals surface area contributed by atoms with Crippen LogP contribution in [0.2, 0.25) is 0 Å². The zero-order valence-electron chi connectivity index (χ0n) is 8.68. The molecule has 1 fully saturated rings. The van der Waals surface area contributed by atoms with Gasteiger partial charge in [0.25, 0.3) is 0 Å². The van der Waals surface area contributed by atoms with Crippen LogP contribution in [-0.2, 0) is 4.74 Å². The highest BCUT2D eigenvalue weighted by Crippen LogP contribution is 2.39. The predicted molar refractivity (Wildman–Crippen MR) is 62.2 cm³/mol. The van der Waals surface area contributed by atoms with Gasteiger partial charge in [-0.05, 0) is 24.3 Å². The lowest BCUT2D eigenvalue weighted by molar-refractivity contribution is 0.106. The Morgan fingerprint density at radius 2 is 2.44 bits per heavy atom. The Bertz CT molecular complexity index is 472. The van der Waals surface area contributed by atoms with Gasteiger partial charge >= 0.3 is 0 Å². The van der Waals surface area contributed by atoms with E-state index >= 15 is 0 Å². The Kier molecular flexibility index (Phi) is 2.41. The van der Waals surface area contributed by atoms with Crippen LogP contribution in [0.25, 0.3) is 10.4 Å². The summed E-state index contributed by atoms with van der Waals surface area (Å²) in [5.41, 5.74) is 7.57. The van der Waals surface area contributed by atoms with Crippen LogP contribution in [0.15, 0.2) is 22.0 Å². The molecule has 16 heavy (non-hydrogen) atoms. The second-order valence-electron chi connectivity index (χ2n) is 3.79. The van der Waals surface area contributed by atoms with Crippen molar-refractivity contribution in [2.75, 3.05) is 12.3 Å². The number of aromatic nitrogens is 1. The molecular formula is C11H12N2O2S. The van der Waals surface area contributed by atoms with Crippen LogP contribution in [0, 0.1) is 0 Å². The van der Waals surface area contributed by atoms with E-state index in [4.69, 9.17) is 15.0 Å². The smallest absolute Gasteiger partial charge is 0.231 e. The van der Waals surface area contributed by atoms with E-state index in [1.807, 2.05) is 17.5 Å². The summed E-state index contributed by atoms with van der Waals surface area (Å²) in [7, 11) is 0. The molecule has 3 rings (SSSR count). The Morgan fingerprint density at radius 3 is 3.12 bits per heavy atom. The quantitative estimate of drug-likeness (QED) is 0.871. The van der Waals surface area contributed by atoms with E-state index in [0.717, 1.165) is 35.6 Å². The number of rotatable bonds is 2. The topological polar surface area (TPSA) is 61.3 Å². The standard InChI is InChI=1S/C11H12N2O2S/c12-11-9(8-4-2-6-16-8)10(13-15-11)7-3-1-5-14-7/h2,4,6-7H,1,3,5,12H2. The molecule has 1 aliphatic rings. The van der Waals surface area contributed by atoms with Crippen molar-refractivity contribution in [2.24, 2.45) is 0 Å². The number of hydrogen-bond acceptors (Lipinski definition) is 5. The molecule has 3 heterocycles. The van der Waals surface area contributed by atoms with Gasteiger partial charge in [-0.1, -0.05) is 11.2 Å². The van der Waals surface area contributed by atoms with Gasteiger partial charge in [0.1, 0.15) is 11.8 Å².